The molecule has 0 aliphatic rings. The van der Waals surface area contributed by atoms with E-state index >= 15 is 0 Å². The molecule has 6 heteroatoms. The summed E-state index contributed by atoms with van der Waals surface area (Å²) in [4.78, 5) is 12.2. The van der Waals surface area contributed by atoms with Crippen LogP contribution < -0.4 is 19.6 Å². The molecule has 2 aromatic carbocycles. The normalized spacial score (nSPS) is 10.8. The Morgan fingerprint density at radius 3 is 2.12 bits per heavy atom. The van der Waals surface area contributed by atoms with Gasteiger partial charge in [-0.3, -0.25) is 4.79 Å². The maximum Gasteiger partial charge on any atom is 0.271 e. The molecular weight excluding hydrogens is 320 g/mol. The second-order valence-corrected chi connectivity index (χ2v) is 5.54. The van der Waals surface area contributed by atoms with E-state index in [9.17, 15) is 4.79 Å². The van der Waals surface area contributed by atoms with Gasteiger partial charge in [-0.1, -0.05) is 0 Å². The van der Waals surface area contributed by atoms with Crippen molar-refractivity contribution in [2.75, 3.05) is 14.2 Å². The minimum absolute atomic E-state index is 0.124. The van der Waals surface area contributed by atoms with Crippen molar-refractivity contribution in [2.45, 2.75) is 20.0 Å². The van der Waals surface area contributed by atoms with Crippen LogP contribution in [0.1, 0.15) is 29.8 Å². The topological polar surface area (TPSA) is 69.2 Å². The van der Waals surface area contributed by atoms with E-state index in [0.717, 1.165) is 11.3 Å². The smallest absolute Gasteiger partial charge is 0.271 e. The average molecular weight is 342 g/mol. The van der Waals surface area contributed by atoms with Crippen LogP contribution in [0.2, 0.25) is 0 Å². The van der Waals surface area contributed by atoms with Crippen LogP contribution in [0.5, 0.6) is 17.2 Å². The molecule has 0 unspecified atom stereocenters. The van der Waals surface area contributed by atoms with E-state index in [-0.39, 0.29) is 12.0 Å². The van der Waals surface area contributed by atoms with Crippen LogP contribution in [0.15, 0.2) is 47.6 Å². The highest BCUT2D eigenvalue weighted by atomic mass is 16.5. The molecule has 6 nitrogen and oxygen atoms in total. The number of benzene rings is 2. The predicted octanol–water partition coefficient (Wildman–Crippen LogP) is 3.25. The fourth-order valence-electron chi connectivity index (χ4n) is 2.07. The monoisotopic (exact) mass is 342 g/mol. The van der Waals surface area contributed by atoms with Gasteiger partial charge in [0.1, 0.15) is 17.2 Å². The number of rotatable bonds is 7. The first kappa shape index (κ1) is 18.3. The zero-order chi connectivity index (χ0) is 18.2. The molecule has 0 bridgehead atoms. The summed E-state index contributed by atoms with van der Waals surface area (Å²) >= 11 is 0. The number of methoxy groups -OCH3 is 2. The Labute approximate surface area is 147 Å². The summed E-state index contributed by atoms with van der Waals surface area (Å²) in [5.41, 5.74) is 3.73. The maximum atomic E-state index is 12.2. The van der Waals surface area contributed by atoms with Crippen molar-refractivity contribution < 1.29 is 19.0 Å². The van der Waals surface area contributed by atoms with Gasteiger partial charge in [-0.15, -0.1) is 0 Å². The van der Waals surface area contributed by atoms with Crippen molar-refractivity contribution in [2.24, 2.45) is 5.10 Å². The number of hydrogen-bond donors (Lipinski definition) is 1. The molecule has 25 heavy (non-hydrogen) atoms. The van der Waals surface area contributed by atoms with Gasteiger partial charge < -0.3 is 14.2 Å². The van der Waals surface area contributed by atoms with Gasteiger partial charge in [-0.05, 0) is 55.8 Å². The lowest BCUT2D eigenvalue weighted by Crippen LogP contribution is -2.17. The largest absolute Gasteiger partial charge is 0.497 e. The van der Waals surface area contributed by atoms with Crippen LogP contribution in [-0.2, 0) is 0 Å². The molecule has 2 aromatic rings. The highest BCUT2D eigenvalue weighted by Crippen LogP contribution is 2.22. The molecule has 0 aliphatic heterocycles. The third kappa shape index (κ3) is 5.53. The van der Waals surface area contributed by atoms with Crippen LogP contribution in [0.4, 0.5) is 0 Å². The first-order valence-electron chi connectivity index (χ1n) is 7.85. The summed E-state index contributed by atoms with van der Waals surface area (Å²) in [6.45, 7) is 3.94. The minimum Gasteiger partial charge on any atom is -0.497 e. The predicted molar refractivity (Wildman–Crippen MR) is 96.8 cm³/mol. The van der Waals surface area contributed by atoms with E-state index in [1.807, 2.05) is 38.1 Å². The molecule has 0 spiro atoms. The van der Waals surface area contributed by atoms with Crippen molar-refractivity contribution in [3.8, 4) is 17.2 Å². The van der Waals surface area contributed by atoms with Gasteiger partial charge in [0.2, 0.25) is 0 Å². The summed E-state index contributed by atoms with van der Waals surface area (Å²) in [5.74, 6) is 1.51. The van der Waals surface area contributed by atoms with Gasteiger partial charge in [0.15, 0.2) is 0 Å². The number of hydrazone groups is 1. The maximum absolute atomic E-state index is 12.2. The SMILES string of the molecule is COc1cc(OC)cc(C(=O)NN=Cc2ccc(OC(C)C)cc2)c1. The van der Waals surface area contributed by atoms with Crippen molar-refractivity contribution in [1.82, 2.24) is 5.43 Å². The van der Waals surface area contributed by atoms with Crippen LogP contribution in [0.3, 0.4) is 0 Å². The lowest BCUT2D eigenvalue weighted by atomic mass is 10.2. The van der Waals surface area contributed by atoms with E-state index in [1.54, 1.807) is 24.4 Å². The molecule has 0 saturated heterocycles. The molecule has 0 aromatic heterocycles. The molecule has 2 rings (SSSR count). The number of nitrogens with one attached hydrogen (secondary N) is 1. The summed E-state index contributed by atoms with van der Waals surface area (Å²) in [6, 6.07) is 12.4. The van der Waals surface area contributed by atoms with Gasteiger partial charge in [-0.2, -0.15) is 5.10 Å². The molecule has 0 atom stereocenters. The zero-order valence-corrected chi connectivity index (χ0v) is 14.8. The number of ether oxygens (including phenoxy) is 3. The first-order valence-corrected chi connectivity index (χ1v) is 7.85. The molecule has 132 valence electrons. The van der Waals surface area contributed by atoms with Crippen LogP contribution in [-0.4, -0.2) is 32.4 Å². The molecule has 1 N–H and O–H groups in total. The van der Waals surface area contributed by atoms with Gasteiger partial charge in [0, 0.05) is 11.6 Å². The van der Waals surface area contributed by atoms with E-state index < -0.39 is 0 Å². The summed E-state index contributed by atoms with van der Waals surface area (Å²) in [6.07, 6.45) is 1.69. The average Bonchev–Trinajstić information content (AvgIpc) is 2.62. The highest BCUT2D eigenvalue weighted by Gasteiger charge is 2.09. The molecular formula is C19H22N2O4. The third-order valence-corrected chi connectivity index (χ3v) is 3.25. The Morgan fingerprint density at radius 1 is 1.00 bits per heavy atom. The Balaban J connectivity index is 2.00. The molecule has 0 fully saturated rings. The van der Waals surface area contributed by atoms with Gasteiger partial charge >= 0.3 is 0 Å². The molecule has 0 radical (unpaired) electrons. The fraction of sp³-hybridized carbons (Fsp3) is 0.263. The second-order valence-electron chi connectivity index (χ2n) is 5.54. The van der Waals surface area contributed by atoms with Crippen LogP contribution in [0.25, 0.3) is 0 Å². The molecule has 0 saturated carbocycles. The van der Waals surface area contributed by atoms with Crippen LogP contribution in [0, 0.1) is 0 Å². The van der Waals surface area contributed by atoms with E-state index in [1.165, 1.54) is 14.2 Å². The van der Waals surface area contributed by atoms with Gasteiger partial charge in [0.05, 0.1) is 26.5 Å². The van der Waals surface area contributed by atoms with Crippen LogP contribution >= 0.6 is 0 Å². The Bertz CT molecular complexity index is 717. The Hall–Kier alpha value is -3.02. The van der Waals surface area contributed by atoms with E-state index in [4.69, 9.17) is 14.2 Å². The Morgan fingerprint density at radius 2 is 1.60 bits per heavy atom. The number of amides is 1. The number of carbonyl (C=O) groups excluding carboxylic acids is 1. The summed E-state index contributed by atoms with van der Waals surface area (Å²) in [5, 5.41) is 3.97. The van der Waals surface area contributed by atoms with Gasteiger partial charge in [0.25, 0.3) is 5.91 Å². The van der Waals surface area contributed by atoms with Crippen molar-refractivity contribution in [3.05, 3.63) is 53.6 Å². The lowest BCUT2D eigenvalue weighted by Gasteiger charge is -2.09. The number of carbonyl (C=O) groups is 1. The van der Waals surface area contributed by atoms with E-state index in [0.29, 0.717) is 17.1 Å². The van der Waals surface area contributed by atoms with Crippen molar-refractivity contribution in [1.29, 1.82) is 0 Å². The standard InChI is InChI=1S/C19H22N2O4/c1-13(2)25-16-7-5-14(6-8-16)12-20-21-19(22)15-9-17(23-3)11-18(10-15)24-4/h5-13H,1-4H3,(H,21,22). The highest BCUT2D eigenvalue weighted by molar-refractivity contribution is 5.95. The second kappa shape index (κ2) is 8.73. The number of nitrogens with zero attached hydrogens (tertiary/aromatic N) is 1. The molecule has 0 heterocycles. The molecule has 1 amide bonds. The quantitative estimate of drug-likeness (QED) is 0.619. The Kier molecular flexibility index (Phi) is 6.39. The zero-order valence-electron chi connectivity index (χ0n) is 14.8. The lowest BCUT2D eigenvalue weighted by molar-refractivity contribution is 0.0954. The fourth-order valence-corrected chi connectivity index (χ4v) is 2.07. The number of hydrogen-bond acceptors (Lipinski definition) is 5. The molecule has 0 aliphatic carbocycles. The third-order valence-electron chi connectivity index (χ3n) is 3.25. The summed E-state index contributed by atoms with van der Waals surface area (Å²) in [7, 11) is 3.06. The van der Waals surface area contributed by atoms with Crippen molar-refractivity contribution in [3.63, 3.8) is 0 Å². The van der Waals surface area contributed by atoms with E-state index in [2.05, 4.69) is 10.5 Å². The van der Waals surface area contributed by atoms with Gasteiger partial charge in [-0.25, -0.2) is 5.43 Å². The minimum atomic E-state index is -0.354. The van der Waals surface area contributed by atoms with Crippen molar-refractivity contribution >= 4 is 12.1 Å². The summed E-state index contributed by atoms with van der Waals surface area (Å²) < 4.78 is 15.9. The first-order chi connectivity index (χ1) is 12.0.